The zero-order valence-corrected chi connectivity index (χ0v) is 20.7. The van der Waals surface area contributed by atoms with E-state index in [4.69, 9.17) is 0 Å². The minimum Gasteiger partial charge on any atom is -0.352 e. The summed E-state index contributed by atoms with van der Waals surface area (Å²) in [7, 11) is 0. The van der Waals surface area contributed by atoms with Crippen molar-refractivity contribution in [3.63, 3.8) is 0 Å². The molecule has 2 fully saturated rings. The summed E-state index contributed by atoms with van der Waals surface area (Å²) in [5, 5.41) is 13.3. The number of nitrogens with one attached hydrogen (secondary N) is 1. The van der Waals surface area contributed by atoms with Crippen molar-refractivity contribution in [3.05, 3.63) is 35.9 Å². The zero-order valence-electron chi connectivity index (χ0n) is 20.7. The van der Waals surface area contributed by atoms with Crippen LogP contribution in [0.5, 0.6) is 0 Å². The normalized spacial score (nSPS) is 24.8. The molecule has 2 aliphatic rings. The van der Waals surface area contributed by atoms with Gasteiger partial charge < -0.3 is 10.2 Å². The van der Waals surface area contributed by atoms with E-state index in [0.717, 1.165) is 50.5 Å². The molecule has 4 atom stereocenters. The SMILES string of the molecule is CC1CCCC(NC(=O)[C@H]2CCCN2C(=O)CCCC[C@@](C#N)(c2ccccc2)C(C)C)C1. The van der Waals surface area contributed by atoms with Gasteiger partial charge in [-0.05, 0) is 55.9 Å². The molecule has 1 saturated heterocycles. The van der Waals surface area contributed by atoms with Gasteiger partial charge in [0.2, 0.25) is 11.8 Å². The number of rotatable bonds is 9. The first-order valence-corrected chi connectivity index (χ1v) is 12.9. The van der Waals surface area contributed by atoms with Crippen molar-refractivity contribution in [1.29, 1.82) is 5.26 Å². The summed E-state index contributed by atoms with van der Waals surface area (Å²) in [5.41, 5.74) is 0.527. The Morgan fingerprint density at radius 3 is 2.58 bits per heavy atom. The number of unbranched alkanes of at least 4 members (excludes halogenated alkanes) is 1. The van der Waals surface area contributed by atoms with Crippen molar-refractivity contribution in [2.45, 2.75) is 102 Å². The minimum absolute atomic E-state index is 0.0346. The Morgan fingerprint density at radius 2 is 1.91 bits per heavy atom. The van der Waals surface area contributed by atoms with Gasteiger partial charge in [0.05, 0.1) is 11.5 Å². The van der Waals surface area contributed by atoms with Crippen molar-refractivity contribution in [1.82, 2.24) is 10.2 Å². The third kappa shape index (κ3) is 6.16. The molecule has 0 spiro atoms. The number of nitriles is 1. The molecule has 1 saturated carbocycles. The van der Waals surface area contributed by atoms with Crippen LogP contribution in [0.3, 0.4) is 0 Å². The Kier molecular flexibility index (Phi) is 8.95. The van der Waals surface area contributed by atoms with Gasteiger partial charge in [0, 0.05) is 19.0 Å². The topological polar surface area (TPSA) is 73.2 Å². The fourth-order valence-electron chi connectivity index (χ4n) is 5.78. The first-order valence-electron chi connectivity index (χ1n) is 12.9. The van der Waals surface area contributed by atoms with Gasteiger partial charge in [-0.1, -0.05) is 70.4 Å². The second kappa shape index (κ2) is 11.7. The number of hydrogen-bond acceptors (Lipinski definition) is 3. The molecule has 2 amide bonds. The highest BCUT2D eigenvalue weighted by Gasteiger charge is 2.37. The fourth-order valence-corrected chi connectivity index (χ4v) is 5.78. The van der Waals surface area contributed by atoms with Crippen molar-refractivity contribution >= 4 is 11.8 Å². The number of carbonyl (C=O) groups excluding carboxylic acids is 2. The van der Waals surface area contributed by atoms with Crippen LogP contribution in [-0.4, -0.2) is 35.3 Å². The number of benzene rings is 1. The van der Waals surface area contributed by atoms with Crippen LogP contribution < -0.4 is 5.32 Å². The molecule has 0 radical (unpaired) electrons. The molecule has 1 aliphatic carbocycles. The van der Waals surface area contributed by atoms with Crippen LogP contribution in [0.4, 0.5) is 0 Å². The van der Waals surface area contributed by atoms with Gasteiger partial charge in [-0.25, -0.2) is 0 Å². The standard InChI is InChI=1S/C28H41N3O2/c1-21(2)28(20-29,23-12-5-4-6-13-23)17-8-7-16-26(32)31-18-10-15-25(31)27(33)30-24-14-9-11-22(3)19-24/h4-6,12-13,21-22,24-25H,7-11,14-19H2,1-3H3,(H,30,33)/t22?,24?,25-,28+/m1/s1. The van der Waals surface area contributed by atoms with E-state index in [1.165, 1.54) is 12.8 Å². The Bertz CT molecular complexity index is 831. The van der Waals surface area contributed by atoms with E-state index in [1.807, 2.05) is 30.3 Å². The number of hydrogen-bond donors (Lipinski definition) is 1. The largest absolute Gasteiger partial charge is 0.352 e. The summed E-state index contributed by atoms with van der Waals surface area (Å²) in [6, 6.07) is 12.6. The lowest BCUT2D eigenvalue weighted by molar-refractivity contribution is -0.139. The van der Waals surface area contributed by atoms with Gasteiger partial charge >= 0.3 is 0 Å². The van der Waals surface area contributed by atoms with Crippen LogP contribution in [0.25, 0.3) is 0 Å². The average molecular weight is 452 g/mol. The smallest absolute Gasteiger partial charge is 0.243 e. The predicted molar refractivity (Wildman–Crippen MR) is 131 cm³/mol. The van der Waals surface area contributed by atoms with Gasteiger partial charge in [0.25, 0.3) is 0 Å². The lowest BCUT2D eigenvalue weighted by Gasteiger charge is -2.32. The van der Waals surface area contributed by atoms with E-state index in [2.05, 4.69) is 32.2 Å². The van der Waals surface area contributed by atoms with Crippen LogP contribution in [0.2, 0.25) is 0 Å². The van der Waals surface area contributed by atoms with E-state index in [-0.39, 0.29) is 29.8 Å². The third-order valence-corrected chi connectivity index (χ3v) is 7.84. The zero-order chi connectivity index (χ0) is 23.8. The van der Waals surface area contributed by atoms with Crippen LogP contribution in [0.15, 0.2) is 30.3 Å². The van der Waals surface area contributed by atoms with Gasteiger partial charge in [0.1, 0.15) is 6.04 Å². The molecule has 2 unspecified atom stereocenters. The van der Waals surface area contributed by atoms with E-state index in [9.17, 15) is 14.9 Å². The second-order valence-electron chi connectivity index (χ2n) is 10.5. The number of carbonyl (C=O) groups is 2. The highest BCUT2D eigenvalue weighted by atomic mass is 16.2. The molecule has 5 nitrogen and oxygen atoms in total. The van der Waals surface area contributed by atoms with Gasteiger partial charge in [-0.3, -0.25) is 9.59 Å². The molecule has 5 heteroatoms. The first kappa shape index (κ1) is 25.3. The van der Waals surface area contributed by atoms with E-state index in [0.29, 0.717) is 18.9 Å². The van der Waals surface area contributed by atoms with Crippen LogP contribution in [0, 0.1) is 23.2 Å². The first-order chi connectivity index (χ1) is 15.9. The number of amides is 2. The summed E-state index contributed by atoms with van der Waals surface area (Å²) in [6.07, 6.45) is 8.91. The molecule has 1 aliphatic heterocycles. The predicted octanol–water partition coefficient (Wildman–Crippen LogP) is 5.35. The molecule has 1 N–H and O–H groups in total. The van der Waals surface area contributed by atoms with Gasteiger partial charge in [-0.2, -0.15) is 5.26 Å². The quantitative estimate of drug-likeness (QED) is 0.514. The van der Waals surface area contributed by atoms with E-state index >= 15 is 0 Å². The summed E-state index contributed by atoms with van der Waals surface area (Å²) in [5.74, 6) is 0.964. The van der Waals surface area contributed by atoms with Gasteiger partial charge in [0.15, 0.2) is 0 Å². The molecule has 0 bridgehead atoms. The Labute approximate surface area is 199 Å². The van der Waals surface area contributed by atoms with Crippen LogP contribution >= 0.6 is 0 Å². The summed E-state index contributed by atoms with van der Waals surface area (Å²) in [6.45, 7) is 7.13. The van der Waals surface area contributed by atoms with Crippen LogP contribution in [-0.2, 0) is 15.0 Å². The Hall–Kier alpha value is -2.35. The molecule has 1 aromatic carbocycles. The number of likely N-dealkylation sites (tertiary alicyclic amines) is 1. The second-order valence-corrected chi connectivity index (χ2v) is 10.5. The third-order valence-electron chi connectivity index (χ3n) is 7.84. The highest BCUT2D eigenvalue weighted by Crippen LogP contribution is 2.37. The molecule has 1 heterocycles. The summed E-state index contributed by atoms with van der Waals surface area (Å²) < 4.78 is 0. The van der Waals surface area contributed by atoms with E-state index in [1.54, 1.807) is 4.90 Å². The number of nitrogens with zero attached hydrogens (tertiary/aromatic N) is 2. The maximum absolute atomic E-state index is 13.0. The monoisotopic (exact) mass is 451 g/mol. The molecule has 3 rings (SSSR count). The van der Waals surface area contributed by atoms with Gasteiger partial charge in [-0.15, -0.1) is 0 Å². The van der Waals surface area contributed by atoms with Crippen molar-refractivity contribution < 1.29 is 9.59 Å². The maximum atomic E-state index is 13.0. The van der Waals surface area contributed by atoms with Crippen molar-refractivity contribution in [3.8, 4) is 6.07 Å². The minimum atomic E-state index is -0.530. The Morgan fingerprint density at radius 1 is 1.15 bits per heavy atom. The molecule has 180 valence electrons. The molecule has 33 heavy (non-hydrogen) atoms. The lowest BCUT2D eigenvalue weighted by atomic mass is 9.69. The Balaban J connectivity index is 1.51. The molecular formula is C28H41N3O2. The average Bonchev–Trinajstić information content (AvgIpc) is 3.30. The summed E-state index contributed by atoms with van der Waals surface area (Å²) >= 11 is 0. The maximum Gasteiger partial charge on any atom is 0.243 e. The van der Waals surface area contributed by atoms with Crippen molar-refractivity contribution in [2.24, 2.45) is 11.8 Å². The fraction of sp³-hybridized carbons (Fsp3) is 0.679. The molecule has 0 aromatic heterocycles. The highest BCUT2D eigenvalue weighted by molar-refractivity contribution is 5.88. The summed E-state index contributed by atoms with van der Waals surface area (Å²) in [4.78, 5) is 27.7. The van der Waals surface area contributed by atoms with Crippen LogP contribution in [0.1, 0.15) is 90.5 Å². The van der Waals surface area contributed by atoms with Crippen molar-refractivity contribution in [2.75, 3.05) is 6.54 Å². The van der Waals surface area contributed by atoms with E-state index < -0.39 is 5.41 Å². The lowest BCUT2D eigenvalue weighted by Crippen LogP contribution is -2.49. The molecular weight excluding hydrogens is 410 g/mol. The molecule has 1 aromatic rings.